The van der Waals surface area contributed by atoms with E-state index < -0.39 is 0 Å². The van der Waals surface area contributed by atoms with E-state index in [9.17, 15) is 9.59 Å². The molecule has 0 amide bonds. The predicted octanol–water partition coefficient (Wildman–Crippen LogP) is 3.74. The van der Waals surface area contributed by atoms with Crippen molar-refractivity contribution >= 4 is 11.6 Å². The highest BCUT2D eigenvalue weighted by atomic mass is 16.1. The maximum absolute atomic E-state index is 11.8. The van der Waals surface area contributed by atoms with Crippen molar-refractivity contribution in [3.05, 3.63) is 78.2 Å². The second kappa shape index (κ2) is 6.64. The molecule has 1 radical (unpaired) electrons. The van der Waals surface area contributed by atoms with Crippen LogP contribution in [0.15, 0.2) is 60.7 Å². The Kier molecular flexibility index (Phi) is 4.62. The lowest BCUT2D eigenvalue weighted by atomic mass is 10.0. The quantitative estimate of drug-likeness (QED) is 0.733. The van der Waals surface area contributed by atoms with Crippen LogP contribution in [0.1, 0.15) is 33.6 Å². The molecule has 0 aliphatic heterocycles. The van der Waals surface area contributed by atoms with Crippen molar-refractivity contribution in [1.82, 2.24) is 0 Å². The summed E-state index contributed by atoms with van der Waals surface area (Å²) in [7, 11) is 0. The summed E-state index contributed by atoms with van der Waals surface area (Å²) >= 11 is 0. The highest BCUT2D eigenvalue weighted by molar-refractivity contribution is 5.99. The second-order valence-electron chi connectivity index (χ2n) is 4.28. The van der Waals surface area contributed by atoms with Gasteiger partial charge in [-0.05, 0) is 6.42 Å². The molecule has 0 bridgehead atoms. The fourth-order valence-electron chi connectivity index (χ4n) is 1.82. The highest BCUT2D eigenvalue weighted by Crippen LogP contribution is 2.09. The molecule has 2 aromatic carbocycles. The van der Waals surface area contributed by atoms with Crippen molar-refractivity contribution in [2.45, 2.75) is 12.8 Å². The first-order chi connectivity index (χ1) is 9.27. The largest absolute Gasteiger partial charge is 0.294 e. The number of hydrogen-bond acceptors (Lipinski definition) is 2. The van der Waals surface area contributed by atoms with Crippen molar-refractivity contribution in [3.63, 3.8) is 0 Å². The molecule has 0 aliphatic carbocycles. The summed E-state index contributed by atoms with van der Waals surface area (Å²) in [6.07, 6.45) is 2.33. The predicted molar refractivity (Wildman–Crippen MR) is 75.1 cm³/mol. The van der Waals surface area contributed by atoms with E-state index in [-0.39, 0.29) is 11.6 Å². The molecule has 95 valence electrons. The van der Waals surface area contributed by atoms with Gasteiger partial charge in [-0.15, -0.1) is 0 Å². The van der Waals surface area contributed by atoms with E-state index in [1.807, 2.05) is 36.4 Å². The molecule has 2 aromatic rings. The monoisotopic (exact) mass is 251 g/mol. The van der Waals surface area contributed by atoms with Gasteiger partial charge in [0.1, 0.15) is 0 Å². The van der Waals surface area contributed by atoms with E-state index >= 15 is 0 Å². The minimum absolute atomic E-state index is 0.0430. The maximum Gasteiger partial charge on any atom is 0.163 e. The molecule has 2 nitrogen and oxygen atoms in total. The lowest BCUT2D eigenvalue weighted by Crippen LogP contribution is -2.03. The van der Waals surface area contributed by atoms with E-state index in [1.165, 1.54) is 0 Å². The van der Waals surface area contributed by atoms with Crippen LogP contribution in [-0.4, -0.2) is 11.6 Å². The zero-order valence-electron chi connectivity index (χ0n) is 10.6. The molecule has 0 saturated carbocycles. The number of Topliss-reactive ketones (excluding diaryl/α,β-unsaturated/α-hetero) is 2. The molecular formula is C17H15O2. The van der Waals surface area contributed by atoms with Crippen molar-refractivity contribution < 1.29 is 9.59 Å². The van der Waals surface area contributed by atoms with Crippen LogP contribution in [0, 0.1) is 6.42 Å². The highest BCUT2D eigenvalue weighted by Gasteiger charge is 2.08. The van der Waals surface area contributed by atoms with Crippen LogP contribution in [-0.2, 0) is 0 Å². The summed E-state index contributed by atoms with van der Waals surface area (Å²) in [6, 6.07) is 18.2. The van der Waals surface area contributed by atoms with Gasteiger partial charge in [0.05, 0.1) is 0 Å². The fraction of sp³-hybridized carbons (Fsp3) is 0.118. The Balaban J connectivity index is 1.81. The van der Waals surface area contributed by atoms with Gasteiger partial charge < -0.3 is 0 Å². The molecule has 0 saturated heterocycles. The van der Waals surface area contributed by atoms with Gasteiger partial charge in [0, 0.05) is 24.0 Å². The number of carbonyl (C=O) groups is 2. The Labute approximate surface area is 113 Å². The zero-order chi connectivity index (χ0) is 13.5. The third kappa shape index (κ3) is 3.88. The topological polar surface area (TPSA) is 34.1 Å². The molecule has 0 N–H and O–H groups in total. The Hall–Kier alpha value is -2.22. The Morgan fingerprint density at radius 3 is 1.42 bits per heavy atom. The average Bonchev–Trinajstić information content (AvgIpc) is 2.49. The van der Waals surface area contributed by atoms with Gasteiger partial charge in [-0.2, -0.15) is 0 Å². The third-order valence-corrected chi connectivity index (χ3v) is 2.85. The molecule has 0 aromatic heterocycles. The standard InChI is InChI=1S/C17H15O2/c18-16(14-8-3-1-4-9-14)12-7-13-17(19)15-10-5-2-6-11-15/h1-11H,12-13H2. The molecule has 0 unspecified atom stereocenters. The molecule has 0 heterocycles. The molecule has 2 heteroatoms. The van der Waals surface area contributed by atoms with Gasteiger partial charge in [0.25, 0.3) is 0 Å². The van der Waals surface area contributed by atoms with Crippen LogP contribution in [0.25, 0.3) is 0 Å². The number of ketones is 2. The number of benzene rings is 2. The lowest BCUT2D eigenvalue weighted by molar-refractivity contribution is 0.0978. The summed E-state index contributed by atoms with van der Waals surface area (Å²) in [5, 5.41) is 0. The summed E-state index contributed by atoms with van der Waals surface area (Å²) in [5.74, 6) is 0.0860. The van der Waals surface area contributed by atoms with E-state index in [4.69, 9.17) is 0 Å². The van der Waals surface area contributed by atoms with E-state index in [0.717, 1.165) is 0 Å². The Bertz CT molecular complexity index is 492. The first-order valence-corrected chi connectivity index (χ1v) is 6.25. The summed E-state index contributed by atoms with van der Waals surface area (Å²) in [5.41, 5.74) is 1.37. The minimum atomic E-state index is 0.0430. The van der Waals surface area contributed by atoms with Crippen LogP contribution in [0.4, 0.5) is 0 Å². The third-order valence-electron chi connectivity index (χ3n) is 2.85. The molecule has 0 spiro atoms. The van der Waals surface area contributed by atoms with Gasteiger partial charge in [-0.1, -0.05) is 60.7 Å². The SMILES string of the molecule is O=C(C[CH]CC(=O)c1ccccc1)c1ccccc1. The van der Waals surface area contributed by atoms with Gasteiger partial charge in [-0.3, -0.25) is 9.59 Å². The Morgan fingerprint density at radius 2 is 1.05 bits per heavy atom. The fourth-order valence-corrected chi connectivity index (χ4v) is 1.82. The van der Waals surface area contributed by atoms with Crippen molar-refractivity contribution in [2.75, 3.05) is 0 Å². The summed E-state index contributed by atoms with van der Waals surface area (Å²) < 4.78 is 0. The summed E-state index contributed by atoms with van der Waals surface area (Å²) in [6.45, 7) is 0. The lowest BCUT2D eigenvalue weighted by Gasteiger charge is -2.01. The first kappa shape index (κ1) is 13.2. The van der Waals surface area contributed by atoms with Gasteiger partial charge in [-0.25, -0.2) is 0 Å². The van der Waals surface area contributed by atoms with Gasteiger partial charge >= 0.3 is 0 Å². The molecule has 2 rings (SSSR count). The van der Waals surface area contributed by atoms with Crippen molar-refractivity contribution in [2.24, 2.45) is 0 Å². The molecule has 19 heavy (non-hydrogen) atoms. The van der Waals surface area contributed by atoms with Crippen LogP contribution < -0.4 is 0 Å². The van der Waals surface area contributed by atoms with E-state index in [2.05, 4.69) is 0 Å². The smallest absolute Gasteiger partial charge is 0.163 e. The van der Waals surface area contributed by atoms with Crippen LogP contribution in [0.3, 0.4) is 0 Å². The average molecular weight is 251 g/mol. The minimum Gasteiger partial charge on any atom is -0.294 e. The van der Waals surface area contributed by atoms with Crippen LogP contribution in [0.2, 0.25) is 0 Å². The molecule has 0 fully saturated rings. The normalized spacial score (nSPS) is 10.1. The van der Waals surface area contributed by atoms with Gasteiger partial charge in [0.2, 0.25) is 0 Å². The summed E-state index contributed by atoms with van der Waals surface area (Å²) in [4.78, 5) is 23.6. The maximum atomic E-state index is 11.8. The number of rotatable bonds is 6. The molecular weight excluding hydrogens is 236 g/mol. The van der Waals surface area contributed by atoms with Crippen LogP contribution in [0.5, 0.6) is 0 Å². The Morgan fingerprint density at radius 1 is 0.684 bits per heavy atom. The first-order valence-electron chi connectivity index (χ1n) is 6.25. The van der Waals surface area contributed by atoms with E-state index in [0.29, 0.717) is 24.0 Å². The zero-order valence-corrected chi connectivity index (χ0v) is 10.6. The van der Waals surface area contributed by atoms with Crippen molar-refractivity contribution in [1.29, 1.82) is 0 Å². The van der Waals surface area contributed by atoms with E-state index in [1.54, 1.807) is 30.7 Å². The molecule has 0 atom stereocenters. The number of hydrogen-bond donors (Lipinski definition) is 0. The second-order valence-corrected chi connectivity index (χ2v) is 4.28. The van der Waals surface area contributed by atoms with Crippen LogP contribution >= 0.6 is 0 Å². The number of carbonyl (C=O) groups excluding carboxylic acids is 2. The van der Waals surface area contributed by atoms with Crippen molar-refractivity contribution in [3.8, 4) is 0 Å². The van der Waals surface area contributed by atoms with Gasteiger partial charge in [0.15, 0.2) is 11.6 Å². The molecule has 0 aliphatic rings.